The van der Waals surface area contributed by atoms with Gasteiger partial charge in [0, 0.05) is 13.1 Å². The lowest BCUT2D eigenvalue weighted by molar-refractivity contribution is 0.183. The molecule has 1 unspecified atom stereocenters. The molecule has 5 nitrogen and oxygen atoms in total. The van der Waals surface area contributed by atoms with Crippen molar-refractivity contribution in [2.75, 3.05) is 11.9 Å². The van der Waals surface area contributed by atoms with Crippen LogP contribution in [0.1, 0.15) is 33.1 Å². The van der Waals surface area contributed by atoms with Crippen LogP contribution in [0.2, 0.25) is 0 Å². The fourth-order valence-corrected chi connectivity index (χ4v) is 2.03. The molecular weight excluding hydrogens is 298 g/mol. The predicted molar refractivity (Wildman–Crippen MR) is 75.9 cm³/mol. The molecule has 0 aliphatic heterocycles. The molecular formula is C12H20BrN3O2. The number of aryl methyl sites for hydroxylation is 1. The average molecular weight is 318 g/mol. The minimum Gasteiger partial charge on any atom is -0.393 e. The van der Waals surface area contributed by atoms with Crippen molar-refractivity contribution in [1.29, 1.82) is 0 Å². The van der Waals surface area contributed by atoms with Crippen LogP contribution in [0.15, 0.2) is 15.5 Å². The average Bonchev–Trinajstić information content (AvgIpc) is 2.33. The molecule has 102 valence electrons. The third-order valence-corrected chi connectivity index (χ3v) is 3.30. The van der Waals surface area contributed by atoms with E-state index in [-0.39, 0.29) is 11.7 Å². The maximum absolute atomic E-state index is 11.9. The highest BCUT2D eigenvalue weighted by Gasteiger charge is 2.07. The van der Waals surface area contributed by atoms with E-state index < -0.39 is 0 Å². The standard InChI is InChI=1S/C12H20BrN3O2/c1-3-7-16-12(18)11(13)10(8-15-16)14-6-4-5-9(2)17/h8-9,14,17H,3-7H2,1-2H3. The molecule has 1 aromatic rings. The highest BCUT2D eigenvalue weighted by Crippen LogP contribution is 2.16. The molecule has 1 aromatic heterocycles. The fourth-order valence-electron chi connectivity index (χ4n) is 1.58. The number of hydrogen-bond acceptors (Lipinski definition) is 4. The normalized spacial score (nSPS) is 12.4. The minimum absolute atomic E-state index is 0.114. The Bertz CT molecular complexity index is 432. The maximum atomic E-state index is 11.9. The van der Waals surface area contributed by atoms with E-state index >= 15 is 0 Å². The van der Waals surface area contributed by atoms with Crippen LogP contribution in [0.25, 0.3) is 0 Å². The molecule has 0 aromatic carbocycles. The van der Waals surface area contributed by atoms with Gasteiger partial charge in [0.1, 0.15) is 4.47 Å². The molecule has 1 heterocycles. The summed E-state index contributed by atoms with van der Waals surface area (Å²) in [6.07, 6.45) is 3.84. The van der Waals surface area contributed by atoms with Crippen LogP contribution in [-0.4, -0.2) is 27.5 Å². The van der Waals surface area contributed by atoms with Crippen molar-refractivity contribution in [3.05, 3.63) is 21.0 Å². The van der Waals surface area contributed by atoms with Crippen LogP contribution in [0.4, 0.5) is 5.69 Å². The van der Waals surface area contributed by atoms with E-state index in [0.29, 0.717) is 23.2 Å². The Morgan fingerprint density at radius 2 is 2.33 bits per heavy atom. The lowest BCUT2D eigenvalue weighted by Gasteiger charge is -2.10. The van der Waals surface area contributed by atoms with Gasteiger partial charge in [0.2, 0.25) is 0 Å². The molecule has 0 saturated heterocycles. The van der Waals surface area contributed by atoms with Crippen LogP contribution in [0.3, 0.4) is 0 Å². The van der Waals surface area contributed by atoms with Crippen LogP contribution in [0, 0.1) is 0 Å². The molecule has 1 rings (SSSR count). The van der Waals surface area contributed by atoms with E-state index in [1.54, 1.807) is 13.1 Å². The summed E-state index contributed by atoms with van der Waals surface area (Å²) >= 11 is 3.30. The van der Waals surface area contributed by atoms with E-state index in [1.807, 2.05) is 6.92 Å². The number of aliphatic hydroxyl groups excluding tert-OH is 1. The molecule has 6 heteroatoms. The number of anilines is 1. The van der Waals surface area contributed by atoms with Gasteiger partial charge in [-0.3, -0.25) is 4.79 Å². The third-order valence-electron chi connectivity index (χ3n) is 2.53. The van der Waals surface area contributed by atoms with Crippen LogP contribution >= 0.6 is 15.9 Å². The number of halogens is 1. The highest BCUT2D eigenvalue weighted by atomic mass is 79.9. The Morgan fingerprint density at radius 3 is 2.94 bits per heavy atom. The summed E-state index contributed by atoms with van der Waals surface area (Å²) in [4.78, 5) is 11.9. The monoisotopic (exact) mass is 317 g/mol. The van der Waals surface area contributed by atoms with Crippen molar-refractivity contribution in [1.82, 2.24) is 9.78 Å². The number of nitrogens with zero attached hydrogens (tertiary/aromatic N) is 2. The second-order valence-corrected chi connectivity index (χ2v) is 5.11. The van der Waals surface area contributed by atoms with Crippen molar-refractivity contribution in [3.8, 4) is 0 Å². The summed E-state index contributed by atoms with van der Waals surface area (Å²) in [7, 11) is 0. The van der Waals surface area contributed by atoms with E-state index in [4.69, 9.17) is 5.11 Å². The number of nitrogens with one attached hydrogen (secondary N) is 1. The van der Waals surface area contributed by atoms with E-state index in [9.17, 15) is 4.79 Å². The van der Waals surface area contributed by atoms with Crippen LogP contribution in [-0.2, 0) is 6.54 Å². The van der Waals surface area contributed by atoms with Gasteiger partial charge in [0.15, 0.2) is 0 Å². The zero-order chi connectivity index (χ0) is 13.5. The van der Waals surface area contributed by atoms with Gasteiger partial charge in [-0.15, -0.1) is 0 Å². The smallest absolute Gasteiger partial charge is 0.283 e. The van der Waals surface area contributed by atoms with Crippen molar-refractivity contribution in [2.24, 2.45) is 0 Å². The Kier molecular flexibility index (Phi) is 6.35. The Balaban J connectivity index is 2.62. The second-order valence-electron chi connectivity index (χ2n) is 4.32. The second kappa shape index (κ2) is 7.53. The summed E-state index contributed by atoms with van der Waals surface area (Å²) in [5.41, 5.74) is 0.593. The number of aliphatic hydroxyl groups is 1. The first kappa shape index (κ1) is 15.2. The minimum atomic E-state index is -0.286. The van der Waals surface area contributed by atoms with Crippen molar-refractivity contribution in [2.45, 2.75) is 45.8 Å². The number of rotatable bonds is 7. The molecule has 0 saturated carbocycles. The van der Waals surface area contributed by atoms with Crippen LogP contribution < -0.4 is 10.9 Å². The molecule has 0 amide bonds. The molecule has 1 atom stereocenters. The van der Waals surface area contributed by atoms with E-state index in [0.717, 1.165) is 19.3 Å². The van der Waals surface area contributed by atoms with Gasteiger partial charge in [0.05, 0.1) is 18.0 Å². The van der Waals surface area contributed by atoms with Gasteiger partial charge in [-0.1, -0.05) is 6.92 Å². The van der Waals surface area contributed by atoms with Gasteiger partial charge in [-0.2, -0.15) is 5.10 Å². The van der Waals surface area contributed by atoms with Gasteiger partial charge in [0.25, 0.3) is 5.56 Å². The predicted octanol–water partition coefficient (Wildman–Crippen LogP) is 1.99. The fraction of sp³-hybridized carbons (Fsp3) is 0.667. The van der Waals surface area contributed by atoms with E-state index in [1.165, 1.54) is 4.68 Å². The summed E-state index contributed by atoms with van der Waals surface area (Å²) in [6, 6.07) is 0. The quantitative estimate of drug-likeness (QED) is 0.755. The first-order valence-electron chi connectivity index (χ1n) is 6.23. The Morgan fingerprint density at radius 1 is 1.61 bits per heavy atom. The summed E-state index contributed by atoms with van der Waals surface area (Å²) in [5.74, 6) is 0. The first-order chi connectivity index (χ1) is 8.56. The molecule has 0 aliphatic carbocycles. The SMILES string of the molecule is CCCn1ncc(NCCCC(C)O)c(Br)c1=O. The van der Waals surface area contributed by atoms with E-state index in [2.05, 4.69) is 26.3 Å². The molecule has 0 fully saturated rings. The lowest BCUT2D eigenvalue weighted by atomic mass is 10.2. The van der Waals surface area contributed by atoms with Gasteiger partial charge < -0.3 is 10.4 Å². The molecule has 0 aliphatic rings. The topological polar surface area (TPSA) is 67.2 Å². The largest absolute Gasteiger partial charge is 0.393 e. The molecule has 0 bridgehead atoms. The lowest BCUT2D eigenvalue weighted by Crippen LogP contribution is -2.24. The summed E-state index contributed by atoms with van der Waals surface area (Å²) in [6.45, 7) is 5.11. The first-order valence-corrected chi connectivity index (χ1v) is 7.03. The summed E-state index contributed by atoms with van der Waals surface area (Å²) < 4.78 is 1.97. The van der Waals surface area contributed by atoms with Gasteiger partial charge in [-0.25, -0.2) is 4.68 Å². The Hall–Kier alpha value is -0.880. The zero-order valence-electron chi connectivity index (χ0n) is 10.8. The maximum Gasteiger partial charge on any atom is 0.283 e. The zero-order valence-corrected chi connectivity index (χ0v) is 12.4. The molecule has 0 radical (unpaired) electrons. The van der Waals surface area contributed by atoms with Crippen molar-refractivity contribution in [3.63, 3.8) is 0 Å². The summed E-state index contributed by atoms with van der Waals surface area (Å²) in [5, 5.41) is 16.4. The van der Waals surface area contributed by atoms with Crippen LogP contribution in [0.5, 0.6) is 0 Å². The van der Waals surface area contributed by atoms with Crippen molar-refractivity contribution < 1.29 is 5.11 Å². The Labute approximate surface area is 115 Å². The third kappa shape index (κ3) is 4.42. The highest BCUT2D eigenvalue weighted by molar-refractivity contribution is 9.10. The molecule has 2 N–H and O–H groups in total. The number of hydrogen-bond donors (Lipinski definition) is 2. The molecule has 0 spiro atoms. The van der Waals surface area contributed by atoms with Gasteiger partial charge >= 0.3 is 0 Å². The van der Waals surface area contributed by atoms with Crippen molar-refractivity contribution >= 4 is 21.6 Å². The number of aromatic nitrogens is 2. The van der Waals surface area contributed by atoms with Gasteiger partial charge in [-0.05, 0) is 42.1 Å². The molecule has 18 heavy (non-hydrogen) atoms.